The molecule has 15 heteroatoms. The van der Waals surface area contributed by atoms with E-state index in [2.05, 4.69) is 42.9 Å². The average molecular weight is 838 g/mol. The van der Waals surface area contributed by atoms with Crippen LogP contribution in [0.25, 0.3) is 0 Å². The molecule has 0 spiro atoms. The zero-order valence-electron chi connectivity index (χ0n) is 32.5. The fourth-order valence-corrected chi connectivity index (χ4v) is 4.55. The van der Waals surface area contributed by atoms with Crippen molar-refractivity contribution in [2.24, 2.45) is 11.8 Å². The van der Waals surface area contributed by atoms with E-state index < -0.39 is 29.7 Å². The molecule has 0 rings (SSSR count). The van der Waals surface area contributed by atoms with E-state index in [1.807, 2.05) is 0 Å². The van der Waals surface area contributed by atoms with Crippen molar-refractivity contribution in [3.05, 3.63) is 0 Å². The topological polar surface area (TPSA) is 158 Å². The summed E-state index contributed by atoms with van der Waals surface area (Å²) in [5.41, 5.74) is 0. The van der Waals surface area contributed by atoms with Gasteiger partial charge in [-0.1, -0.05) is 149 Å². The Bertz CT molecular complexity index is 811. The number of ketones is 1. The minimum atomic E-state index is -1.04. The molecule has 0 aromatic carbocycles. The third-order valence-corrected chi connectivity index (χ3v) is 11.7. The van der Waals surface area contributed by atoms with Crippen LogP contribution < -0.4 is 5.32 Å². The number of rotatable bonds is 31. The number of nitrogens with one attached hydrogen (secondary N) is 1. The van der Waals surface area contributed by atoms with E-state index in [1.165, 1.54) is 38.5 Å². The van der Waals surface area contributed by atoms with E-state index in [1.54, 1.807) is 71.7 Å². The Morgan fingerprint density at radius 1 is 0.490 bits per heavy atom. The fourth-order valence-electron chi connectivity index (χ4n) is 4.55. The van der Waals surface area contributed by atoms with Crippen LogP contribution in [-0.4, -0.2) is 89.0 Å². The van der Waals surface area contributed by atoms with Gasteiger partial charge in [0.2, 0.25) is 5.91 Å². The lowest BCUT2D eigenvalue weighted by atomic mass is 9.94. The first-order valence-electron chi connectivity index (χ1n) is 18.0. The summed E-state index contributed by atoms with van der Waals surface area (Å²) in [7, 11) is 10.6. The Morgan fingerprint density at radius 3 is 1.24 bits per heavy atom. The summed E-state index contributed by atoms with van der Waals surface area (Å²) in [6.45, 7) is 2.08. The highest BCUT2D eigenvalue weighted by atomic mass is 33.1. The minimum absolute atomic E-state index is 0.0325. The zero-order chi connectivity index (χ0) is 39.5. The van der Waals surface area contributed by atoms with Gasteiger partial charge in [-0.05, 0) is 69.6 Å². The van der Waals surface area contributed by atoms with Gasteiger partial charge in [0.05, 0.1) is 11.8 Å². The van der Waals surface area contributed by atoms with Crippen LogP contribution >= 0.6 is 64.8 Å². The van der Waals surface area contributed by atoms with Gasteiger partial charge in [-0.25, -0.2) is 0 Å². The zero-order valence-corrected chi connectivity index (χ0v) is 37.4. The van der Waals surface area contributed by atoms with Gasteiger partial charge in [-0.15, -0.1) is 0 Å². The Kier molecular flexibility index (Phi) is 53.6. The van der Waals surface area contributed by atoms with Crippen molar-refractivity contribution in [1.82, 2.24) is 5.32 Å². The molecule has 9 nitrogen and oxygen atoms in total. The predicted octanol–water partition coefficient (Wildman–Crippen LogP) is 11.3. The van der Waals surface area contributed by atoms with Gasteiger partial charge in [0.1, 0.15) is 5.78 Å². The molecule has 1 amide bonds. The van der Waals surface area contributed by atoms with Crippen molar-refractivity contribution in [3.63, 3.8) is 0 Å². The molecule has 0 saturated carbocycles. The second-order valence-corrected chi connectivity index (χ2v) is 19.9. The first-order chi connectivity index (χ1) is 24.4. The van der Waals surface area contributed by atoms with Crippen molar-refractivity contribution in [3.8, 4) is 0 Å². The highest BCUT2D eigenvalue weighted by Crippen LogP contribution is 2.17. The molecule has 0 radical (unpaired) electrons. The molecule has 0 aliphatic rings. The van der Waals surface area contributed by atoms with Crippen LogP contribution in [0.2, 0.25) is 0 Å². The lowest BCUT2D eigenvalue weighted by molar-refractivity contribution is -0.144. The molecule has 4 N–H and O–H groups in total. The summed E-state index contributed by atoms with van der Waals surface area (Å²) < 4.78 is 0. The van der Waals surface area contributed by atoms with E-state index in [9.17, 15) is 29.1 Å². The molecule has 304 valence electrons. The summed E-state index contributed by atoms with van der Waals surface area (Å²) in [6, 6.07) is 0. The van der Waals surface area contributed by atoms with Crippen LogP contribution in [0.4, 0.5) is 0 Å². The number of carbonyl (C=O) groups excluding carboxylic acids is 2. The maximum Gasteiger partial charge on any atom is 0.306 e. The number of carboxylic acids is 3. The summed E-state index contributed by atoms with van der Waals surface area (Å²) in [5, 5.41) is 29.6. The van der Waals surface area contributed by atoms with Crippen molar-refractivity contribution >= 4 is 94.4 Å². The van der Waals surface area contributed by atoms with Crippen LogP contribution in [0, 0.1) is 11.8 Å². The van der Waals surface area contributed by atoms with E-state index in [0.29, 0.717) is 32.2 Å². The third-order valence-electron chi connectivity index (χ3n) is 7.70. The quantitative estimate of drug-likeness (QED) is 0.0386. The monoisotopic (exact) mass is 837 g/mol. The Labute approximate surface area is 334 Å². The maximum atomic E-state index is 12.3. The van der Waals surface area contributed by atoms with Crippen molar-refractivity contribution < 1.29 is 39.3 Å². The van der Waals surface area contributed by atoms with Crippen LogP contribution in [0.3, 0.4) is 0 Å². The lowest BCUT2D eigenvalue weighted by Crippen LogP contribution is -2.26. The number of hydrogen-bond donors (Lipinski definition) is 4. The molecule has 0 bridgehead atoms. The Morgan fingerprint density at radius 2 is 0.882 bits per heavy atom. The van der Waals surface area contributed by atoms with Gasteiger partial charge < -0.3 is 20.6 Å². The average Bonchev–Trinajstić information content (AvgIpc) is 3.11. The van der Waals surface area contributed by atoms with Crippen molar-refractivity contribution in [2.75, 3.05) is 44.1 Å². The smallest absolute Gasteiger partial charge is 0.306 e. The normalized spacial score (nSPS) is 11.4. The standard InChI is InChI=1S/C30H53NO8.3C2H6S2/c1-24(29(36)37)17-15-16-22-31-27(33)21-20-25(30(38)39)23-26(32)18-13-11-9-7-5-3-2-4-6-8-10-12-14-19-28(34)35;3*1-3-4-2/h24-25H,2-23H2,1H3,(H,31,33)(H,34,35)(H,36,37)(H,38,39);3*1-2H3/t24-,25+;;;/m0.../s1. The molecular formula is C36H71NO8S6. The van der Waals surface area contributed by atoms with Crippen LogP contribution in [-0.2, 0) is 24.0 Å². The molecule has 0 saturated heterocycles. The number of hydrogen-bond acceptors (Lipinski definition) is 11. The second kappa shape index (κ2) is 47.7. The number of amides is 1. The van der Waals surface area contributed by atoms with Gasteiger partial charge in [0.25, 0.3) is 0 Å². The SMILES string of the molecule is CSSC.CSSC.CSSC.C[C@@H](CCCCNC(=O)CC[C@H](CC(=O)CCCCCCCCCCCCCCCC(=O)O)C(=O)O)C(=O)O. The number of Topliss-reactive ketones (excluding diaryl/α,β-unsaturated/α-hetero) is 1. The first-order valence-corrected chi connectivity index (χ1v) is 26.9. The van der Waals surface area contributed by atoms with Crippen molar-refractivity contribution in [2.45, 2.75) is 142 Å². The van der Waals surface area contributed by atoms with Crippen LogP contribution in [0.1, 0.15) is 142 Å². The van der Waals surface area contributed by atoms with Gasteiger partial charge in [0.15, 0.2) is 0 Å². The van der Waals surface area contributed by atoms with Crippen LogP contribution in [0.15, 0.2) is 0 Å². The lowest BCUT2D eigenvalue weighted by Gasteiger charge is -2.12. The second-order valence-electron chi connectivity index (χ2n) is 11.9. The number of carbonyl (C=O) groups is 5. The van der Waals surface area contributed by atoms with E-state index in [0.717, 1.165) is 44.9 Å². The van der Waals surface area contributed by atoms with E-state index >= 15 is 0 Å². The third kappa shape index (κ3) is 54.1. The first kappa shape index (κ1) is 57.4. The van der Waals surface area contributed by atoms with Gasteiger partial charge in [-0.3, -0.25) is 24.0 Å². The summed E-state index contributed by atoms with van der Waals surface area (Å²) in [5.74, 6) is -4.13. The molecule has 0 aliphatic carbocycles. The van der Waals surface area contributed by atoms with Crippen LogP contribution in [0.5, 0.6) is 0 Å². The summed E-state index contributed by atoms with van der Waals surface area (Å²) >= 11 is 0. The summed E-state index contributed by atoms with van der Waals surface area (Å²) in [6.07, 6.45) is 29.2. The van der Waals surface area contributed by atoms with Gasteiger partial charge in [-0.2, -0.15) is 0 Å². The van der Waals surface area contributed by atoms with Gasteiger partial charge >= 0.3 is 17.9 Å². The number of aliphatic carboxylic acids is 3. The highest BCUT2D eigenvalue weighted by molar-refractivity contribution is 8.76. The van der Waals surface area contributed by atoms with Gasteiger partial charge in [0, 0.05) is 32.2 Å². The van der Waals surface area contributed by atoms with Crippen molar-refractivity contribution in [1.29, 1.82) is 0 Å². The summed E-state index contributed by atoms with van der Waals surface area (Å²) in [4.78, 5) is 57.0. The fraction of sp³-hybridized carbons (Fsp3) is 0.861. The Hall–Kier alpha value is -0.350. The molecule has 51 heavy (non-hydrogen) atoms. The molecule has 0 aromatic heterocycles. The number of unbranched alkanes of at least 4 members (excludes halogenated alkanes) is 13. The molecule has 0 fully saturated rings. The van der Waals surface area contributed by atoms with E-state index in [4.69, 9.17) is 10.2 Å². The molecule has 0 heterocycles. The molecule has 0 unspecified atom stereocenters. The Balaban J connectivity index is -0.000000789. The molecule has 0 aliphatic heterocycles. The molecule has 0 aromatic rings. The number of carboxylic acid groups (broad SMARTS) is 3. The minimum Gasteiger partial charge on any atom is -0.481 e. The maximum absolute atomic E-state index is 12.3. The van der Waals surface area contributed by atoms with E-state index in [-0.39, 0.29) is 37.4 Å². The largest absolute Gasteiger partial charge is 0.481 e. The predicted molar refractivity (Wildman–Crippen MR) is 232 cm³/mol. The highest BCUT2D eigenvalue weighted by Gasteiger charge is 2.22. The molecular weight excluding hydrogens is 767 g/mol. The molecule has 2 atom stereocenters.